The Balaban J connectivity index is 2.30. The summed E-state index contributed by atoms with van der Waals surface area (Å²) in [4.78, 5) is 25.4. The average molecular weight is 311 g/mol. The fourth-order valence-corrected chi connectivity index (χ4v) is 2.90. The van der Waals surface area contributed by atoms with Gasteiger partial charge in [0.25, 0.3) is 0 Å². The number of nitrogens with zero attached hydrogens (tertiary/aromatic N) is 1. The smallest absolute Gasteiger partial charge is 0.237 e. The van der Waals surface area contributed by atoms with Crippen LogP contribution < -0.4 is 5.32 Å². The largest absolute Gasteiger partial charge is 0.507 e. The predicted octanol–water partition coefficient (Wildman–Crippen LogP) is 1.96. The lowest BCUT2D eigenvalue weighted by atomic mass is 10.0. The maximum Gasteiger partial charge on any atom is 0.237 e. The van der Waals surface area contributed by atoms with E-state index in [1.54, 1.807) is 6.07 Å². The molecular weight excluding hydrogens is 292 g/mol. The Hall–Kier alpha value is -1.59. The predicted molar refractivity (Wildman–Crippen MR) is 80.6 cm³/mol. The van der Waals surface area contributed by atoms with Crippen molar-refractivity contribution in [2.24, 2.45) is 0 Å². The van der Waals surface area contributed by atoms with Crippen molar-refractivity contribution in [2.45, 2.75) is 32.9 Å². The second kappa shape index (κ2) is 6.45. The topological polar surface area (TPSA) is 69.6 Å². The minimum atomic E-state index is -0.236. The summed E-state index contributed by atoms with van der Waals surface area (Å²) in [5.41, 5.74) is 0.785. The van der Waals surface area contributed by atoms with Crippen molar-refractivity contribution in [3.05, 3.63) is 28.3 Å². The van der Waals surface area contributed by atoms with Crippen LogP contribution in [0.4, 0.5) is 0 Å². The van der Waals surface area contributed by atoms with Gasteiger partial charge in [-0.15, -0.1) is 0 Å². The highest BCUT2D eigenvalue weighted by Gasteiger charge is 2.28. The number of hydrogen-bond donors (Lipinski definition) is 2. The van der Waals surface area contributed by atoms with E-state index in [1.165, 1.54) is 13.0 Å². The summed E-state index contributed by atoms with van der Waals surface area (Å²) in [6.07, 6.45) is 0.687. The summed E-state index contributed by atoms with van der Waals surface area (Å²) in [6.45, 7) is 5.00. The van der Waals surface area contributed by atoms with E-state index in [9.17, 15) is 14.7 Å². The number of hydrogen-bond acceptors (Lipinski definition) is 4. The van der Waals surface area contributed by atoms with Crippen LogP contribution in [0.25, 0.3) is 0 Å². The van der Waals surface area contributed by atoms with Gasteiger partial charge in [-0.25, -0.2) is 0 Å². The Bertz CT molecular complexity index is 574. The SMILES string of the molecule is CCC1C(=O)NCCN1Cc1cc(Cl)cc(C(C)=O)c1O. The van der Waals surface area contributed by atoms with Crippen molar-refractivity contribution in [1.82, 2.24) is 10.2 Å². The van der Waals surface area contributed by atoms with Crippen molar-refractivity contribution >= 4 is 23.3 Å². The molecular formula is C15H19ClN2O3. The lowest BCUT2D eigenvalue weighted by molar-refractivity contribution is -0.129. The Morgan fingerprint density at radius 2 is 2.24 bits per heavy atom. The number of phenolic OH excluding ortho intramolecular Hbond substituents is 1. The second-order valence-corrected chi connectivity index (χ2v) is 5.64. The molecule has 5 nitrogen and oxygen atoms in total. The molecule has 21 heavy (non-hydrogen) atoms. The van der Waals surface area contributed by atoms with E-state index in [0.29, 0.717) is 36.6 Å². The van der Waals surface area contributed by atoms with Gasteiger partial charge in [0.2, 0.25) is 5.91 Å². The molecule has 0 aliphatic carbocycles. The standard InChI is InChI=1S/C15H19ClN2O3/c1-3-13-15(21)17-4-5-18(13)8-10-6-11(16)7-12(9(2)19)14(10)20/h6-7,13,20H,3-5,8H2,1-2H3,(H,17,21). The highest BCUT2D eigenvalue weighted by Crippen LogP contribution is 2.29. The highest BCUT2D eigenvalue weighted by atomic mass is 35.5. The van der Waals surface area contributed by atoms with E-state index in [0.717, 1.165) is 0 Å². The lowest BCUT2D eigenvalue weighted by Gasteiger charge is -2.34. The highest BCUT2D eigenvalue weighted by molar-refractivity contribution is 6.31. The molecule has 1 saturated heterocycles. The summed E-state index contributed by atoms with van der Waals surface area (Å²) >= 11 is 6.02. The van der Waals surface area contributed by atoms with Crippen molar-refractivity contribution in [2.75, 3.05) is 13.1 Å². The molecule has 2 N–H and O–H groups in total. The number of amides is 1. The zero-order valence-corrected chi connectivity index (χ0v) is 12.9. The molecule has 1 fully saturated rings. The third-order valence-electron chi connectivity index (χ3n) is 3.73. The van der Waals surface area contributed by atoms with Crippen molar-refractivity contribution in [1.29, 1.82) is 0 Å². The van der Waals surface area contributed by atoms with Crippen molar-refractivity contribution in [3.8, 4) is 5.75 Å². The third kappa shape index (κ3) is 3.36. The van der Waals surface area contributed by atoms with Gasteiger partial charge in [0, 0.05) is 30.2 Å². The fourth-order valence-electron chi connectivity index (χ4n) is 2.66. The van der Waals surface area contributed by atoms with Crippen LogP contribution in [-0.2, 0) is 11.3 Å². The minimum Gasteiger partial charge on any atom is -0.507 e. The van der Waals surface area contributed by atoms with Gasteiger partial charge in [0.1, 0.15) is 5.75 Å². The van der Waals surface area contributed by atoms with E-state index in [4.69, 9.17) is 11.6 Å². The van der Waals surface area contributed by atoms with Crippen LogP contribution in [0.15, 0.2) is 12.1 Å². The second-order valence-electron chi connectivity index (χ2n) is 5.20. The zero-order valence-electron chi connectivity index (χ0n) is 12.1. The molecule has 1 unspecified atom stereocenters. The van der Waals surface area contributed by atoms with Gasteiger partial charge in [-0.2, -0.15) is 0 Å². The number of ketones is 1. The Morgan fingerprint density at radius 1 is 1.52 bits per heavy atom. The molecule has 0 spiro atoms. The number of piperazine rings is 1. The van der Waals surface area contributed by atoms with E-state index < -0.39 is 0 Å². The molecule has 1 aliphatic rings. The Kier molecular flexibility index (Phi) is 4.85. The summed E-state index contributed by atoms with van der Waals surface area (Å²) in [5, 5.41) is 13.5. The number of aromatic hydroxyl groups is 1. The molecule has 1 aliphatic heterocycles. The van der Waals surface area contributed by atoms with E-state index in [-0.39, 0.29) is 29.0 Å². The van der Waals surface area contributed by atoms with E-state index >= 15 is 0 Å². The third-order valence-corrected chi connectivity index (χ3v) is 3.95. The first kappa shape index (κ1) is 15.8. The van der Waals surface area contributed by atoms with Crippen LogP contribution in [0.2, 0.25) is 5.02 Å². The van der Waals surface area contributed by atoms with Crippen LogP contribution in [0, 0.1) is 0 Å². The number of benzene rings is 1. The Labute approximate surface area is 128 Å². The zero-order chi connectivity index (χ0) is 15.6. The Morgan fingerprint density at radius 3 is 2.86 bits per heavy atom. The van der Waals surface area contributed by atoms with Crippen LogP contribution in [0.1, 0.15) is 36.2 Å². The minimum absolute atomic E-state index is 0.00272. The maximum absolute atomic E-state index is 11.9. The quantitative estimate of drug-likeness (QED) is 0.834. The molecule has 0 aromatic heterocycles. The monoisotopic (exact) mass is 310 g/mol. The van der Waals surface area contributed by atoms with Gasteiger partial charge < -0.3 is 10.4 Å². The van der Waals surface area contributed by atoms with Crippen LogP contribution in [0.5, 0.6) is 5.75 Å². The summed E-state index contributed by atoms with van der Waals surface area (Å²) < 4.78 is 0. The van der Waals surface area contributed by atoms with Gasteiger partial charge in [0.05, 0.1) is 11.6 Å². The molecule has 1 heterocycles. The van der Waals surface area contributed by atoms with Gasteiger partial charge >= 0.3 is 0 Å². The molecule has 0 radical (unpaired) electrons. The van der Waals surface area contributed by atoms with Gasteiger partial charge in [-0.05, 0) is 25.5 Å². The first-order valence-electron chi connectivity index (χ1n) is 6.98. The van der Waals surface area contributed by atoms with Crippen molar-refractivity contribution < 1.29 is 14.7 Å². The number of halogens is 1. The normalized spacial score (nSPS) is 19.4. The number of rotatable bonds is 4. The molecule has 1 aromatic rings. The number of carbonyl (C=O) groups excluding carboxylic acids is 2. The molecule has 6 heteroatoms. The summed E-state index contributed by atoms with van der Waals surface area (Å²) in [7, 11) is 0. The van der Waals surface area contributed by atoms with Crippen LogP contribution in [0.3, 0.4) is 0 Å². The lowest BCUT2D eigenvalue weighted by Crippen LogP contribution is -2.54. The van der Waals surface area contributed by atoms with E-state index in [2.05, 4.69) is 5.32 Å². The number of carbonyl (C=O) groups is 2. The summed E-state index contributed by atoms with van der Waals surface area (Å²) in [5.74, 6) is -0.288. The first-order valence-corrected chi connectivity index (χ1v) is 7.36. The maximum atomic E-state index is 11.9. The average Bonchev–Trinajstić information content (AvgIpc) is 2.42. The molecule has 1 aromatic carbocycles. The summed E-state index contributed by atoms with van der Waals surface area (Å²) in [6, 6.07) is 2.88. The molecule has 0 saturated carbocycles. The number of phenols is 1. The van der Waals surface area contributed by atoms with Crippen molar-refractivity contribution in [3.63, 3.8) is 0 Å². The van der Waals surface area contributed by atoms with Crippen LogP contribution >= 0.6 is 11.6 Å². The molecule has 114 valence electrons. The van der Waals surface area contributed by atoms with Gasteiger partial charge in [-0.1, -0.05) is 18.5 Å². The van der Waals surface area contributed by atoms with Crippen LogP contribution in [-0.4, -0.2) is 40.8 Å². The molecule has 1 amide bonds. The van der Waals surface area contributed by atoms with E-state index in [1.807, 2.05) is 11.8 Å². The molecule has 2 rings (SSSR count). The van der Waals surface area contributed by atoms with Gasteiger partial charge in [-0.3, -0.25) is 14.5 Å². The number of nitrogens with one attached hydrogen (secondary N) is 1. The van der Waals surface area contributed by atoms with Gasteiger partial charge in [0.15, 0.2) is 5.78 Å². The fraction of sp³-hybridized carbons (Fsp3) is 0.467. The first-order chi connectivity index (χ1) is 9.93. The molecule has 0 bridgehead atoms. The number of Topliss-reactive ketones (excluding diaryl/α,β-unsaturated/α-hetero) is 1. The molecule has 1 atom stereocenters.